The van der Waals surface area contributed by atoms with Crippen LogP contribution < -0.4 is 11.1 Å². The van der Waals surface area contributed by atoms with Crippen LogP contribution in [0.2, 0.25) is 5.02 Å². The third kappa shape index (κ3) is 3.32. The van der Waals surface area contributed by atoms with Crippen LogP contribution in [0.5, 0.6) is 0 Å². The second-order valence-corrected chi connectivity index (χ2v) is 6.29. The summed E-state index contributed by atoms with van der Waals surface area (Å²) < 4.78 is 0. The minimum absolute atomic E-state index is 0.0284. The zero-order valence-corrected chi connectivity index (χ0v) is 12.8. The molecule has 0 aromatic heterocycles. The summed E-state index contributed by atoms with van der Waals surface area (Å²) in [7, 11) is 0. The van der Waals surface area contributed by atoms with Gasteiger partial charge in [0.2, 0.25) is 5.91 Å². The molecule has 20 heavy (non-hydrogen) atoms. The van der Waals surface area contributed by atoms with Crippen LogP contribution in [-0.2, 0) is 4.79 Å². The molecule has 2 rings (SSSR count). The van der Waals surface area contributed by atoms with E-state index in [1.165, 1.54) is 0 Å². The summed E-state index contributed by atoms with van der Waals surface area (Å²) in [5.74, 6) is -0.0284. The van der Waals surface area contributed by atoms with Gasteiger partial charge in [-0.3, -0.25) is 9.69 Å². The molecule has 1 amide bonds. The second-order valence-electron chi connectivity index (χ2n) is 5.88. The van der Waals surface area contributed by atoms with Gasteiger partial charge < -0.3 is 11.1 Å². The number of nitrogens with zero attached hydrogens (tertiary/aromatic N) is 1. The summed E-state index contributed by atoms with van der Waals surface area (Å²) in [4.78, 5) is 14.5. The van der Waals surface area contributed by atoms with Crippen LogP contribution in [0.3, 0.4) is 0 Å². The number of carbonyl (C=O) groups excluding carboxylic acids is 1. The molecule has 1 saturated heterocycles. The number of benzene rings is 1. The number of halogens is 1. The molecule has 0 radical (unpaired) electrons. The molecular formula is C15H22ClN3O. The minimum Gasteiger partial charge on any atom is -0.330 e. The number of hydrogen-bond acceptors (Lipinski definition) is 3. The summed E-state index contributed by atoms with van der Waals surface area (Å²) in [6, 6.07) is 7.09. The lowest BCUT2D eigenvalue weighted by Crippen LogP contribution is -2.42. The fourth-order valence-electron chi connectivity index (χ4n) is 2.52. The maximum absolute atomic E-state index is 12.3. The van der Waals surface area contributed by atoms with Gasteiger partial charge in [-0.1, -0.05) is 30.7 Å². The largest absolute Gasteiger partial charge is 0.330 e. The van der Waals surface area contributed by atoms with Gasteiger partial charge in [-0.25, -0.2) is 0 Å². The average molecular weight is 296 g/mol. The van der Waals surface area contributed by atoms with Crippen molar-refractivity contribution < 1.29 is 4.79 Å². The van der Waals surface area contributed by atoms with Gasteiger partial charge in [0.1, 0.15) is 0 Å². The highest BCUT2D eigenvalue weighted by Crippen LogP contribution is 2.30. The molecule has 1 aromatic rings. The van der Waals surface area contributed by atoms with Crippen LogP contribution in [0.15, 0.2) is 24.3 Å². The molecule has 1 aliphatic rings. The Balaban J connectivity index is 1.98. The Morgan fingerprint density at radius 3 is 2.85 bits per heavy atom. The smallest absolute Gasteiger partial charge is 0.241 e. The van der Waals surface area contributed by atoms with Gasteiger partial charge in [0.15, 0.2) is 0 Å². The summed E-state index contributed by atoms with van der Waals surface area (Å²) in [6.07, 6.45) is 1.03. The Morgan fingerprint density at radius 1 is 1.55 bits per heavy atom. The molecule has 2 atom stereocenters. The molecule has 1 heterocycles. The van der Waals surface area contributed by atoms with Crippen LogP contribution in [0.25, 0.3) is 0 Å². The van der Waals surface area contributed by atoms with E-state index in [1.54, 1.807) is 12.1 Å². The van der Waals surface area contributed by atoms with E-state index in [0.717, 1.165) is 19.5 Å². The topological polar surface area (TPSA) is 58.4 Å². The lowest BCUT2D eigenvalue weighted by atomic mass is 9.90. The first-order chi connectivity index (χ1) is 9.45. The van der Waals surface area contributed by atoms with Crippen molar-refractivity contribution in [2.45, 2.75) is 26.3 Å². The van der Waals surface area contributed by atoms with E-state index in [1.807, 2.05) is 19.1 Å². The van der Waals surface area contributed by atoms with Crippen molar-refractivity contribution in [1.82, 2.24) is 4.90 Å². The van der Waals surface area contributed by atoms with Crippen molar-refractivity contribution >= 4 is 23.2 Å². The molecule has 110 valence electrons. The summed E-state index contributed by atoms with van der Waals surface area (Å²) >= 11 is 6.06. The molecule has 3 N–H and O–H groups in total. The lowest BCUT2D eigenvalue weighted by molar-refractivity contribution is -0.120. The monoisotopic (exact) mass is 295 g/mol. The number of amides is 1. The number of nitrogens with one attached hydrogen (secondary N) is 1. The van der Waals surface area contributed by atoms with Crippen molar-refractivity contribution in [3.05, 3.63) is 29.3 Å². The molecular weight excluding hydrogens is 274 g/mol. The zero-order valence-electron chi connectivity index (χ0n) is 12.0. The Morgan fingerprint density at radius 2 is 2.25 bits per heavy atom. The summed E-state index contributed by atoms with van der Waals surface area (Å²) in [6.45, 7) is 6.52. The molecule has 4 nitrogen and oxygen atoms in total. The number of carbonyl (C=O) groups is 1. The van der Waals surface area contributed by atoms with Crippen molar-refractivity contribution in [3.63, 3.8) is 0 Å². The van der Waals surface area contributed by atoms with E-state index in [2.05, 4.69) is 17.1 Å². The fourth-order valence-corrected chi connectivity index (χ4v) is 2.71. The molecule has 0 saturated carbocycles. The van der Waals surface area contributed by atoms with E-state index in [0.29, 0.717) is 17.3 Å². The van der Waals surface area contributed by atoms with Gasteiger partial charge >= 0.3 is 0 Å². The normalized spacial score (nSPS) is 24.6. The van der Waals surface area contributed by atoms with E-state index in [9.17, 15) is 4.79 Å². The predicted octanol–water partition coefficient (Wildman–Crippen LogP) is 2.34. The fraction of sp³-hybridized carbons (Fsp3) is 0.533. The Kier molecular flexibility index (Phi) is 4.68. The molecule has 1 aromatic carbocycles. The highest BCUT2D eigenvalue weighted by atomic mass is 35.5. The number of para-hydroxylation sites is 1. The molecule has 0 bridgehead atoms. The van der Waals surface area contributed by atoms with E-state index < -0.39 is 0 Å². The molecule has 0 spiro atoms. The van der Waals surface area contributed by atoms with Gasteiger partial charge in [-0.05, 0) is 44.0 Å². The van der Waals surface area contributed by atoms with Crippen LogP contribution in [0.4, 0.5) is 5.69 Å². The first-order valence-electron chi connectivity index (χ1n) is 6.95. The van der Waals surface area contributed by atoms with Crippen LogP contribution in [0, 0.1) is 5.41 Å². The number of hydrogen-bond donors (Lipinski definition) is 2. The average Bonchev–Trinajstić information content (AvgIpc) is 2.84. The summed E-state index contributed by atoms with van der Waals surface area (Å²) in [5.41, 5.74) is 6.59. The first-order valence-corrected chi connectivity index (χ1v) is 7.32. The van der Waals surface area contributed by atoms with Crippen molar-refractivity contribution in [3.8, 4) is 0 Å². The Bertz CT molecular complexity index is 494. The van der Waals surface area contributed by atoms with Gasteiger partial charge in [0, 0.05) is 6.54 Å². The van der Waals surface area contributed by atoms with Crippen LogP contribution in [-0.4, -0.2) is 36.5 Å². The quantitative estimate of drug-likeness (QED) is 0.896. The van der Waals surface area contributed by atoms with Gasteiger partial charge in [0.25, 0.3) is 0 Å². The van der Waals surface area contributed by atoms with Crippen molar-refractivity contribution in [1.29, 1.82) is 0 Å². The standard InChI is InChI=1S/C15H22ClN3O/c1-11(19-8-7-15(2,9-17)10-19)14(20)18-13-6-4-3-5-12(13)16/h3-6,11H,7-10,17H2,1-2H3,(H,18,20). The molecule has 5 heteroatoms. The first kappa shape index (κ1) is 15.3. The van der Waals surface area contributed by atoms with E-state index in [4.69, 9.17) is 17.3 Å². The van der Waals surface area contributed by atoms with Gasteiger partial charge in [0.05, 0.1) is 16.8 Å². The summed E-state index contributed by atoms with van der Waals surface area (Å²) in [5, 5.41) is 3.45. The molecule has 0 aliphatic carbocycles. The van der Waals surface area contributed by atoms with E-state index in [-0.39, 0.29) is 17.4 Å². The van der Waals surface area contributed by atoms with Gasteiger partial charge in [-0.2, -0.15) is 0 Å². The maximum Gasteiger partial charge on any atom is 0.241 e. The zero-order chi connectivity index (χ0) is 14.8. The number of rotatable bonds is 4. The van der Waals surface area contributed by atoms with Crippen molar-refractivity contribution in [2.24, 2.45) is 11.1 Å². The molecule has 1 aliphatic heterocycles. The van der Waals surface area contributed by atoms with Crippen LogP contribution >= 0.6 is 11.6 Å². The van der Waals surface area contributed by atoms with Gasteiger partial charge in [-0.15, -0.1) is 0 Å². The second kappa shape index (κ2) is 6.12. The van der Waals surface area contributed by atoms with E-state index >= 15 is 0 Å². The third-order valence-corrected chi connectivity index (χ3v) is 4.47. The van der Waals surface area contributed by atoms with Crippen molar-refractivity contribution in [2.75, 3.05) is 25.0 Å². The number of anilines is 1. The van der Waals surface area contributed by atoms with Crippen LogP contribution in [0.1, 0.15) is 20.3 Å². The maximum atomic E-state index is 12.3. The number of nitrogens with two attached hydrogens (primary N) is 1. The SMILES string of the molecule is CC(C(=O)Nc1ccccc1Cl)N1CCC(C)(CN)C1. The molecule has 2 unspecified atom stereocenters. The highest BCUT2D eigenvalue weighted by molar-refractivity contribution is 6.33. The lowest BCUT2D eigenvalue weighted by Gasteiger charge is -2.26. The molecule has 1 fully saturated rings. The third-order valence-electron chi connectivity index (χ3n) is 4.14. The minimum atomic E-state index is -0.181. The highest BCUT2D eigenvalue weighted by Gasteiger charge is 2.36. The predicted molar refractivity (Wildman–Crippen MR) is 82.9 cm³/mol. The Hall–Kier alpha value is -1.10. The Labute approximate surface area is 125 Å². The number of likely N-dealkylation sites (tertiary alicyclic amines) is 1.